The highest BCUT2D eigenvalue weighted by molar-refractivity contribution is 7.16. The van der Waals surface area contributed by atoms with E-state index in [0.29, 0.717) is 17.2 Å². The number of H-pyrrole nitrogens is 1. The molecule has 34 heavy (non-hydrogen) atoms. The third-order valence-corrected chi connectivity index (χ3v) is 6.01. The van der Waals surface area contributed by atoms with Crippen molar-refractivity contribution in [2.45, 2.75) is 38.1 Å². The molecule has 1 fully saturated rings. The molecule has 0 saturated carbocycles. The first-order chi connectivity index (χ1) is 16.2. The minimum absolute atomic E-state index is 0.0181. The quantitative estimate of drug-likeness (QED) is 0.477. The lowest BCUT2D eigenvalue weighted by Crippen LogP contribution is -2.29. The molecule has 0 radical (unpaired) electrons. The van der Waals surface area contributed by atoms with E-state index in [-0.39, 0.29) is 25.0 Å². The number of nitrogens with zero attached hydrogens (tertiary/aromatic N) is 6. The van der Waals surface area contributed by atoms with Crippen LogP contribution in [-0.4, -0.2) is 51.1 Å². The molecule has 1 saturated heterocycles. The van der Waals surface area contributed by atoms with E-state index >= 15 is 0 Å². The van der Waals surface area contributed by atoms with Gasteiger partial charge >= 0.3 is 6.18 Å². The first-order valence-electron chi connectivity index (χ1n) is 10.2. The zero-order chi connectivity index (χ0) is 24.3. The van der Waals surface area contributed by atoms with E-state index in [0.717, 1.165) is 24.3 Å². The van der Waals surface area contributed by atoms with E-state index in [2.05, 4.69) is 36.5 Å². The molecular weight excluding hydrogens is 477 g/mol. The predicted octanol–water partition coefficient (Wildman–Crippen LogP) is 2.51. The molecule has 4 rings (SSSR count). The molecule has 4 heterocycles. The van der Waals surface area contributed by atoms with Gasteiger partial charge in [0.05, 0.1) is 24.7 Å². The first kappa shape index (κ1) is 23.6. The molecule has 0 spiro atoms. The third kappa shape index (κ3) is 5.34. The number of alkyl halides is 3. The fourth-order valence-electron chi connectivity index (χ4n) is 3.52. The van der Waals surface area contributed by atoms with E-state index in [9.17, 15) is 18.0 Å². The highest BCUT2D eigenvalue weighted by atomic mass is 32.1. The highest BCUT2D eigenvalue weighted by Crippen LogP contribution is 2.32. The number of anilines is 2. The van der Waals surface area contributed by atoms with Gasteiger partial charge in [0.1, 0.15) is 23.1 Å². The van der Waals surface area contributed by atoms with Gasteiger partial charge in [-0.2, -0.15) is 28.5 Å². The first-order valence-corrected chi connectivity index (χ1v) is 11.0. The second kappa shape index (κ2) is 9.77. The molecule has 1 aliphatic rings. The number of halogens is 3. The van der Waals surface area contributed by atoms with Crippen LogP contribution in [0.2, 0.25) is 0 Å². The molecule has 11 nitrogen and oxygen atoms in total. The van der Waals surface area contributed by atoms with E-state index in [4.69, 9.17) is 14.5 Å². The number of aromatic nitrogens is 5. The number of aromatic amines is 1. The maximum atomic E-state index is 13.1. The monoisotopic (exact) mass is 496 g/mol. The number of nitrogens with one attached hydrogen (secondary N) is 2. The average Bonchev–Trinajstić information content (AvgIpc) is 3.52. The zero-order valence-electron chi connectivity index (χ0n) is 17.8. The number of rotatable bonds is 8. The molecule has 0 amide bonds. The Balaban J connectivity index is 1.28. The van der Waals surface area contributed by atoms with Crippen LogP contribution >= 0.6 is 11.3 Å². The maximum absolute atomic E-state index is 13.1. The number of hydrogen-bond acceptors (Lipinski definition) is 11. The van der Waals surface area contributed by atoms with Crippen molar-refractivity contribution in [1.82, 2.24) is 25.3 Å². The highest BCUT2D eigenvalue weighted by Gasteiger charge is 2.37. The van der Waals surface area contributed by atoms with Crippen molar-refractivity contribution >= 4 is 22.2 Å². The fourth-order valence-corrected chi connectivity index (χ4v) is 4.27. The molecule has 15 heteroatoms. The van der Waals surface area contributed by atoms with Gasteiger partial charge in [0.15, 0.2) is 11.0 Å². The van der Waals surface area contributed by atoms with Gasteiger partial charge in [-0.25, -0.2) is 10.1 Å². The number of nitriles is 1. The largest absolute Gasteiger partial charge is 0.423 e. The maximum Gasteiger partial charge on any atom is 0.423 e. The van der Waals surface area contributed by atoms with Gasteiger partial charge < -0.3 is 19.5 Å². The van der Waals surface area contributed by atoms with Crippen molar-refractivity contribution in [2.24, 2.45) is 0 Å². The van der Waals surface area contributed by atoms with Crippen LogP contribution in [0, 0.1) is 11.3 Å². The normalized spacial score (nSPS) is 17.0. The van der Waals surface area contributed by atoms with E-state index in [1.54, 1.807) is 18.2 Å². The van der Waals surface area contributed by atoms with Gasteiger partial charge in [0.25, 0.3) is 11.4 Å². The second-order valence-electron chi connectivity index (χ2n) is 7.64. The van der Waals surface area contributed by atoms with Gasteiger partial charge in [-0.3, -0.25) is 4.79 Å². The molecule has 2 N–H and O–H groups in total. The van der Waals surface area contributed by atoms with Gasteiger partial charge in [-0.15, -0.1) is 0 Å². The van der Waals surface area contributed by atoms with Crippen LogP contribution in [0.15, 0.2) is 21.7 Å². The molecule has 3 aromatic heterocycles. The number of hydrogen-bond donors (Lipinski definition) is 2. The molecule has 3 aromatic rings. The summed E-state index contributed by atoms with van der Waals surface area (Å²) in [5, 5.41) is 21.5. The minimum Gasteiger partial charge on any atom is -0.378 e. The lowest BCUT2D eigenvalue weighted by Gasteiger charge is -2.17. The Morgan fingerprint density at radius 3 is 3.03 bits per heavy atom. The van der Waals surface area contributed by atoms with Gasteiger partial charge in [0, 0.05) is 25.0 Å². The summed E-state index contributed by atoms with van der Waals surface area (Å²) < 4.78 is 50.1. The van der Waals surface area contributed by atoms with Crippen molar-refractivity contribution in [2.75, 3.05) is 29.9 Å². The van der Waals surface area contributed by atoms with Crippen molar-refractivity contribution in [3.8, 4) is 6.07 Å². The molecule has 0 bridgehead atoms. The Bertz CT molecular complexity index is 1230. The zero-order valence-corrected chi connectivity index (χ0v) is 18.6. The van der Waals surface area contributed by atoms with Crippen LogP contribution in [0.5, 0.6) is 0 Å². The fraction of sp³-hybridized carbons (Fsp3) is 0.474. The van der Waals surface area contributed by atoms with Gasteiger partial charge in [-0.1, -0.05) is 16.5 Å². The summed E-state index contributed by atoms with van der Waals surface area (Å²) in [5.41, 5.74) is -3.10. The Morgan fingerprint density at radius 1 is 1.47 bits per heavy atom. The predicted molar refractivity (Wildman–Crippen MR) is 113 cm³/mol. The van der Waals surface area contributed by atoms with Gasteiger partial charge in [-0.05, 0) is 13.3 Å². The van der Waals surface area contributed by atoms with Crippen molar-refractivity contribution in [3.05, 3.63) is 44.9 Å². The summed E-state index contributed by atoms with van der Waals surface area (Å²) in [7, 11) is 0. The second-order valence-corrected chi connectivity index (χ2v) is 8.65. The Kier molecular flexibility index (Phi) is 6.80. The molecule has 0 aromatic carbocycles. The number of ether oxygens (including phenoxy) is 1. The standard InChI is InChI=1S/C19H19F3N8O3S/c1-10(26-13-6-25-28-17(31)15(13)19(20,21)22)8-32-9-14-27-16(29-33-14)11-2-3-30(7-11)18-24-5-12(4-23)34-18/h5-6,10-11H,2-3,7-9H2,1H3,(H2,26,28,31). The molecule has 180 valence electrons. The van der Waals surface area contributed by atoms with E-state index in [1.807, 2.05) is 0 Å². The third-order valence-electron chi connectivity index (χ3n) is 5.05. The minimum atomic E-state index is -4.83. The molecule has 2 atom stereocenters. The van der Waals surface area contributed by atoms with Crippen LogP contribution < -0.4 is 15.8 Å². The molecule has 2 unspecified atom stereocenters. The summed E-state index contributed by atoms with van der Waals surface area (Å²) in [6.07, 6.45) is -1.58. The summed E-state index contributed by atoms with van der Waals surface area (Å²) in [6, 6.07) is 1.51. The lowest BCUT2D eigenvalue weighted by atomic mass is 10.1. The van der Waals surface area contributed by atoms with E-state index in [1.165, 1.54) is 11.3 Å². The van der Waals surface area contributed by atoms with Crippen LogP contribution in [0.3, 0.4) is 0 Å². The topological polar surface area (TPSA) is 146 Å². The van der Waals surface area contributed by atoms with Gasteiger partial charge in [0.2, 0.25) is 0 Å². The SMILES string of the molecule is CC(COCc1nc(C2CCN(c3ncc(C#N)s3)C2)no1)Nc1cn[nH]c(=O)c1C(F)(F)F. The molecular formula is C19H19F3N8O3S. The van der Waals surface area contributed by atoms with Crippen LogP contribution in [0.25, 0.3) is 0 Å². The Morgan fingerprint density at radius 2 is 2.29 bits per heavy atom. The molecule has 1 aliphatic heterocycles. The lowest BCUT2D eigenvalue weighted by molar-refractivity contribution is -0.138. The number of thiazole rings is 1. The average molecular weight is 496 g/mol. The Hall–Kier alpha value is -3.51. The summed E-state index contributed by atoms with van der Waals surface area (Å²) in [6.45, 7) is 3.00. The van der Waals surface area contributed by atoms with Crippen LogP contribution in [0.4, 0.5) is 24.0 Å². The molecule has 0 aliphatic carbocycles. The van der Waals surface area contributed by atoms with E-state index < -0.39 is 29.0 Å². The summed E-state index contributed by atoms with van der Waals surface area (Å²) in [5.74, 6) is 0.821. The Labute approximate surface area is 194 Å². The van der Waals surface area contributed by atoms with Crippen LogP contribution in [-0.2, 0) is 17.5 Å². The van der Waals surface area contributed by atoms with Crippen molar-refractivity contribution < 1.29 is 22.4 Å². The van der Waals surface area contributed by atoms with Crippen molar-refractivity contribution in [3.63, 3.8) is 0 Å². The summed E-state index contributed by atoms with van der Waals surface area (Å²) >= 11 is 1.33. The summed E-state index contributed by atoms with van der Waals surface area (Å²) in [4.78, 5) is 22.8. The van der Waals surface area contributed by atoms with Crippen molar-refractivity contribution in [1.29, 1.82) is 5.26 Å². The van der Waals surface area contributed by atoms with Crippen LogP contribution in [0.1, 0.15) is 41.4 Å². The smallest absolute Gasteiger partial charge is 0.378 e.